The molecule has 24 heavy (non-hydrogen) atoms. The highest BCUT2D eigenvalue weighted by Gasteiger charge is 2.20. The molecule has 0 saturated heterocycles. The fraction of sp³-hybridized carbons (Fsp3) is 0.294. The topological polar surface area (TPSA) is 74.2 Å². The van der Waals surface area contributed by atoms with Gasteiger partial charge in [0.15, 0.2) is 0 Å². The average Bonchev–Trinajstić information content (AvgIpc) is 2.52. The number of halogens is 2. The molecule has 1 atom stereocenters. The smallest absolute Gasteiger partial charge is 0.255 e. The van der Waals surface area contributed by atoms with Crippen LogP contribution in [0.2, 0.25) is 0 Å². The molecule has 2 rings (SSSR count). The van der Waals surface area contributed by atoms with E-state index < -0.39 is 29.2 Å². The number of anilines is 1. The summed E-state index contributed by atoms with van der Waals surface area (Å²) in [6, 6.07) is 6.56. The second-order valence-corrected chi connectivity index (χ2v) is 5.56. The summed E-state index contributed by atoms with van der Waals surface area (Å²) in [5, 5.41) is 15.5. The van der Waals surface area contributed by atoms with Gasteiger partial charge in [0, 0.05) is 18.8 Å². The van der Waals surface area contributed by atoms with E-state index in [1.165, 1.54) is 6.07 Å². The number of aliphatic hydroxyl groups is 1. The minimum Gasteiger partial charge on any atom is -0.386 e. The number of aromatic nitrogens is 1. The van der Waals surface area contributed by atoms with Crippen LogP contribution in [-0.2, 0) is 0 Å². The largest absolute Gasteiger partial charge is 0.386 e. The van der Waals surface area contributed by atoms with Crippen molar-refractivity contribution >= 4 is 11.7 Å². The third kappa shape index (κ3) is 4.26. The van der Waals surface area contributed by atoms with Gasteiger partial charge in [-0.05, 0) is 38.1 Å². The van der Waals surface area contributed by atoms with Gasteiger partial charge in [0.05, 0.1) is 11.1 Å². The highest BCUT2D eigenvalue weighted by Crippen LogP contribution is 2.20. The number of pyridine rings is 1. The Bertz CT molecular complexity index is 702. The second-order valence-electron chi connectivity index (χ2n) is 5.56. The van der Waals surface area contributed by atoms with E-state index in [0.29, 0.717) is 5.82 Å². The van der Waals surface area contributed by atoms with Gasteiger partial charge >= 0.3 is 0 Å². The number of hydrogen-bond donors (Lipinski definition) is 3. The maximum absolute atomic E-state index is 13.6. The number of benzene rings is 1. The van der Waals surface area contributed by atoms with Crippen molar-refractivity contribution in [2.24, 2.45) is 0 Å². The van der Waals surface area contributed by atoms with E-state index >= 15 is 0 Å². The minimum absolute atomic E-state index is 0.0737. The van der Waals surface area contributed by atoms with E-state index in [1.807, 2.05) is 13.8 Å². The van der Waals surface area contributed by atoms with E-state index in [0.717, 1.165) is 12.1 Å². The van der Waals surface area contributed by atoms with Crippen LogP contribution >= 0.6 is 0 Å². The molecule has 2 aromatic rings. The van der Waals surface area contributed by atoms with E-state index in [-0.39, 0.29) is 18.2 Å². The Balaban J connectivity index is 2.08. The van der Waals surface area contributed by atoms with Gasteiger partial charge in [0.1, 0.15) is 23.6 Å². The summed E-state index contributed by atoms with van der Waals surface area (Å²) in [5.41, 5.74) is -0.183. The fourth-order valence-electron chi connectivity index (χ4n) is 2.19. The lowest BCUT2D eigenvalue weighted by Gasteiger charge is -2.16. The minimum atomic E-state index is -1.49. The third-order valence-corrected chi connectivity index (χ3v) is 3.27. The molecule has 0 fully saturated rings. The number of carbonyl (C=O) groups is 1. The molecule has 7 heteroatoms. The molecule has 0 aliphatic heterocycles. The quantitative estimate of drug-likeness (QED) is 0.759. The van der Waals surface area contributed by atoms with Crippen molar-refractivity contribution in [3.05, 3.63) is 59.3 Å². The van der Waals surface area contributed by atoms with E-state index in [4.69, 9.17) is 0 Å². The van der Waals surface area contributed by atoms with Crippen LogP contribution in [0.25, 0.3) is 0 Å². The number of amides is 1. The highest BCUT2D eigenvalue weighted by molar-refractivity contribution is 5.98. The van der Waals surface area contributed by atoms with Crippen LogP contribution in [0.15, 0.2) is 36.5 Å². The molecule has 0 saturated carbocycles. The average molecular weight is 335 g/mol. The van der Waals surface area contributed by atoms with Crippen molar-refractivity contribution in [1.82, 2.24) is 10.3 Å². The molecule has 1 unspecified atom stereocenters. The van der Waals surface area contributed by atoms with Crippen molar-refractivity contribution in [3.63, 3.8) is 0 Å². The first-order valence-electron chi connectivity index (χ1n) is 7.52. The Morgan fingerprint density at radius 3 is 2.50 bits per heavy atom. The number of nitrogens with zero attached hydrogens (tertiary/aromatic N) is 1. The zero-order valence-electron chi connectivity index (χ0n) is 13.4. The van der Waals surface area contributed by atoms with Crippen molar-refractivity contribution in [2.45, 2.75) is 26.0 Å². The van der Waals surface area contributed by atoms with Gasteiger partial charge in [0.25, 0.3) is 5.91 Å². The van der Waals surface area contributed by atoms with Crippen LogP contribution < -0.4 is 10.6 Å². The Kier molecular flexibility index (Phi) is 5.81. The molecule has 0 aliphatic carbocycles. The monoisotopic (exact) mass is 335 g/mol. The summed E-state index contributed by atoms with van der Waals surface area (Å²) in [4.78, 5) is 16.4. The Morgan fingerprint density at radius 1 is 1.21 bits per heavy atom. The fourth-order valence-corrected chi connectivity index (χ4v) is 2.19. The number of nitrogens with one attached hydrogen (secondary N) is 2. The summed E-state index contributed by atoms with van der Waals surface area (Å²) >= 11 is 0. The number of carbonyl (C=O) groups excluding carboxylic acids is 1. The van der Waals surface area contributed by atoms with Crippen LogP contribution in [0, 0.1) is 11.6 Å². The van der Waals surface area contributed by atoms with Crippen LogP contribution in [-0.4, -0.2) is 28.6 Å². The highest BCUT2D eigenvalue weighted by atomic mass is 19.1. The maximum atomic E-state index is 13.6. The van der Waals surface area contributed by atoms with Crippen LogP contribution in [0.3, 0.4) is 0 Å². The number of aliphatic hydroxyl groups excluding tert-OH is 1. The standard InChI is InChI=1S/C17H19F2N3O2/c1-10(2)22-16-11(5-4-8-20-16)17(24)21-9-14(23)15-12(18)6-3-7-13(15)19/h3-8,10,14,23H,9H2,1-2H3,(H,20,22)(H,21,24). The zero-order chi connectivity index (χ0) is 17.7. The molecular weight excluding hydrogens is 316 g/mol. The van der Waals surface area contributed by atoms with Gasteiger partial charge in [-0.25, -0.2) is 13.8 Å². The number of hydrogen-bond acceptors (Lipinski definition) is 4. The lowest BCUT2D eigenvalue weighted by molar-refractivity contribution is 0.0912. The molecule has 5 nitrogen and oxygen atoms in total. The summed E-state index contributed by atoms with van der Waals surface area (Å²) < 4.78 is 27.2. The van der Waals surface area contributed by atoms with Crippen LogP contribution in [0.1, 0.15) is 35.9 Å². The van der Waals surface area contributed by atoms with Crippen molar-refractivity contribution in [1.29, 1.82) is 0 Å². The van der Waals surface area contributed by atoms with Gasteiger partial charge in [-0.15, -0.1) is 0 Å². The number of rotatable bonds is 6. The maximum Gasteiger partial charge on any atom is 0.255 e. The van der Waals surface area contributed by atoms with E-state index in [9.17, 15) is 18.7 Å². The van der Waals surface area contributed by atoms with Gasteiger partial charge in [0.2, 0.25) is 0 Å². The van der Waals surface area contributed by atoms with Crippen molar-refractivity contribution < 1.29 is 18.7 Å². The van der Waals surface area contributed by atoms with Crippen LogP contribution in [0.4, 0.5) is 14.6 Å². The molecule has 3 N–H and O–H groups in total. The van der Waals surface area contributed by atoms with E-state index in [1.54, 1.807) is 18.3 Å². The van der Waals surface area contributed by atoms with Gasteiger partial charge in [-0.1, -0.05) is 6.07 Å². The van der Waals surface area contributed by atoms with Crippen molar-refractivity contribution in [2.75, 3.05) is 11.9 Å². The Hall–Kier alpha value is -2.54. The predicted molar refractivity (Wildman–Crippen MR) is 86.6 cm³/mol. The molecule has 0 aliphatic rings. The summed E-state index contributed by atoms with van der Waals surface area (Å²) in [5.74, 6) is -1.82. The van der Waals surface area contributed by atoms with Gasteiger partial charge in [-0.3, -0.25) is 4.79 Å². The van der Waals surface area contributed by atoms with Crippen molar-refractivity contribution in [3.8, 4) is 0 Å². The second kappa shape index (κ2) is 7.83. The molecule has 1 amide bonds. The normalized spacial score (nSPS) is 12.1. The first-order valence-corrected chi connectivity index (χ1v) is 7.52. The predicted octanol–water partition coefficient (Wildman–Crippen LogP) is 2.64. The first kappa shape index (κ1) is 17.8. The lowest BCUT2D eigenvalue weighted by atomic mass is 10.1. The van der Waals surface area contributed by atoms with E-state index in [2.05, 4.69) is 15.6 Å². The lowest BCUT2D eigenvalue weighted by Crippen LogP contribution is -2.30. The summed E-state index contributed by atoms with van der Waals surface area (Å²) in [6.45, 7) is 3.48. The molecular formula is C17H19F2N3O2. The Labute approximate surface area is 138 Å². The molecule has 1 aromatic carbocycles. The third-order valence-electron chi connectivity index (χ3n) is 3.27. The summed E-state index contributed by atoms with van der Waals surface area (Å²) in [6.07, 6.45) is 0.0544. The van der Waals surface area contributed by atoms with Gasteiger partial charge < -0.3 is 15.7 Å². The molecule has 0 radical (unpaired) electrons. The van der Waals surface area contributed by atoms with Gasteiger partial charge in [-0.2, -0.15) is 0 Å². The SMILES string of the molecule is CC(C)Nc1ncccc1C(=O)NCC(O)c1c(F)cccc1F. The molecule has 128 valence electrons. The molecule has 0 bridgehead atoms. The summed E-state index contributed by atoms with van der Waals surface area (Å²) in [7, 11) is 0. The van der Waals surface area contributed by atoms with Crippen LogP contribution in [0.5, 0.6) is 0 Å². The Morgan fingerprint density at radius 2 is 1.88 bits per heavy atom. The zero-order valence-corrected chi connectivity index (χ0v) is 13.4. The molecule has 1 aromatic heterocycles. The first-order chi connectivity index (χ1) is 11.4. The molecule has 1 heterocycles. The molecule has 0 spiro atoms.